The first kappa shape index (κ1) is 17.0. The molecule has 0 spiro atoms. The molecular formula is C15H25NO3S. The molecule has 0 aliphatic rings. The van der Waals surface area contributed by atoms with Crippen molar-refractivity contribution in [3.05, 3.63) is 29.8 Å². The second-order valence-electron chi connectivity index (χ2n) is 4.81. The van der Waals surface area contributed by atoms with Crippen molar-refractivity contribution in [1.82, 2.24) is 5.32 Å². The molecule has 4 nitrogen and oxygen atoms in total. The highest BCUT2D eigenvalue weighted by atomic mass is 32.2. The highest BCUT2D eigenvalue weighted by Gasteiger charge is 2.19. The first-order valence-electron chi connectivity index (χ1n) is 7.12. The number of nitrogens with one attached hydrogen (secondary N) is 1. The van der Waals surface area contributed by atoms with Crippen LogP contribution in [0.4, 0.5) is 0 Å². The van der Waals surface area contributed by atoms with Gasteiger partial charge in [0.15, 0.2) is 9.84 Å². The predicted octanol–water partition coefficient (Wildman–Crippen LogP) is 2.56. The van der Waals surface area contributed by atoms with Crippen LogP contribution in [-0.2, 0) is 9.84 Å². The Morgan fingerprint density at radius 3 is 2.35 bits per heavy atom. The van der Waals surface area contributed by atoms with Gasteiger partial charge in [0.1, 0.15) is 5.75 Å². The third-order valence-electron chi connectivity index (χ3n) is 3.17. The number of hydrogen-bond acceptors (Lipinski definition) is 4. The van der Waals surface area contributed by atoms with E-state index in [1.165, 1.54) is 0 Å². The van der Waals surface area contributed by atoms with E-state index in [4.69, 9.17) is 4.74 Å². The number of hydrogen-bond donors (Lipinski definition) is 1. The summed E-state index contributed by atoms with van der Waals surface area (Å²) in [6.45, 7) is 4.56. The van der Waals surface area contributed by atoms with Crippen LogP contribution < -0.4 is 10.1 Å². The van der Waals surface area contributed by atoms with E-state index < -0.39 is 9.84 Å². The molecule has 5 heteroatoms. The number of benzene rings is 1. The van der Waals surface area contributed by atoms with Crippen molar-refractivity contribution in [2.24, 2.45) is 0 Å². The maximum Gasteiger partial charge on any atom is 0.152 e. The summed E-state index contributed by atoms with van der Waals surface area (Å²) in [6, 6.07) is 7.42. The van der Waals surface area contributed by atoms with Gasteiger partial charge in [-0.3, -0.25) is 0 Å². The Morgan fingerprint density at radius 2 is 1.85 bits per heavy atom. The molecule has 1 unspecified atom stereocenters. The predicted molar refractivity (Wildman–Crippen MR) is 83.0 cm³/mol. The van der Waals surface area contributed by atoms with Gasteiger partial charge in [-0.1, -0.05) is 25.5 Å². The van der Waals surface area contributed by atoms with E-state index in [1.54, 1.807) is 7.05 Å². The topological polar surface area (TPSA) is 55.4 Å². The van der Waals surface area contributed by atoms with Crippen LogP contribution in [-0.4, -0.2) is 33.6 Å². The van der Waals surface area contributed by atoms with Crippen molar-refractivity contribution in [1.29, 1.82) is 0 Å². The van der Waals surface area contributed by atoms with Crippen molar-refractivity contribution in [2.45, 2.75) is 32.7 Å². The number of ether oxygens (including phenoxy) is 1. The molecule has 1 aromatic rings. The summed E-state index contributed by atoms with van der Waals surface area (Å²) < 4.78 is 29.5. The Kier molecular flexibility index (Phi) is 7.02. The Morgan fingerprint density at radius 1 is 1.20 bits per heavy atom. The fourth-order valence-corrected chi connectivity index (χ4v) is 3.77. The van der Waals surface area contributed by atoms with E-state index in [-0.39, 0.29) is 17.5 Å². The van der Waals surface area contributed by atoms with E-state index in [0.717, 1.165) is 24.2 Å². The van der Waals surface area contributed by atoms with E-state index in [2.05, 4.69) is 5.32 Å². The Balaban J connectivity index is 2.75. The Labute approximate surface area is 122 Å². The third-order valence-corrected chi connectivity index (χ3v) is 4.92. The monoisotopic (exact) mass is 299 g/mol. The summed E-state index contributed by atoms with van der Waals surface area (Å²) in [4.78, 5) is 0. The van der Waals surface area contributed by atoms with Gasteiger partial charge in [-0.05, 0) is 38.1 Å². The standard InChI is InChI=1S/C15H25NO3S/c1-4-6-11-20(17,18)12-15(16-3)13-7-9-14(10-8-13)19-5-2/h7-10,15-16H,4-6,11-12H2,1-3H3. The molecule has 0 amide bonds. The van der Waals surface area contributed by atoms with Crippen LogP contribution >= 0.6 is 0 Å². The average molecular weight is 299 g/mol. The minimum atomic E-state index is -3.02. The lowest BCUT2D eigenvalue weighted by atomic mass is 10.1. The molecule has 0 fully saturated rings. The molecule has 1 rings (SSSR count). The average Bonchev–Trinajstić information content (AvgIpc) is 2.44. The van der Waals surface area contributed by atoms with Crippen LogP contribution in [0.3, 0.4) is 0 Å². The summed E-state index contributed by atoms with van der Waals surface area (Å²) in [5, 5.41) is 3.08. The second kappa shape index (κ2) is 8.27. The first-order valence-corrected chi connectivity index (χ1v) is 8.95. The van der Waals surface area contributed by atoms with Gasteiger partial charge < -0.3 is 10.1 Å². The smallest absolute Gasteiger partial charge is 0.152 e. The molecule has 20 heavy (non-hydrogen) atoms. The van der Waals surface area contributed by atoms with Gasteiger partial charge in [0.25, 0.3) is 0 Å². The maximum atomic E-state index is 12.0. The van der Waals surface area contributed by atoms with Crippen LogP contribution in [0, 0.1) is 0 Å². The van der Waals surface area contributed by atoms with Crippen molar-refractivity contribution in [3.8, 4) is 5.75 Å². The SMILES string of the molecule is CCCCS(=O)(=O)CC(NC)c1ccc(OCC)cc1. The molecule has 0 bridgehead atoms. The van der Waals surface area contributed by atoms with Gasteiger partial charge in [0.2, 0.25) is 0 Å². The van der Waals surface area contributed by atoms with Gasteiger partial charge in [-0.25, -0.2) is 8.42 Å². The summed E-state index contributed by atoms with van der Waals surface area (Å²) in [7, 11) is -1.23. The van der Waals surface area contributed by atoms with Gasteiger partial charge in [0.05, 0.1) is 18.1 Å². The Bertz CT molecular complexity index is 482. The van der Waals surface area contributed by atoms with E-state index in [0.29, 0.717) is 6.61 Å². The summed E-state index contributed by atoms with van der Waals surface area (Å²) in [6.07, 6.45) is 1.62. The van der Waals surface area contributed by atoms with Crippen molar-refractivity contribution >= 4 is 9.84 Å². The van der Waals surface area contributed by atoms with Crippen LogP contribution in [0.15, 0.2) is 24.3 Å². The Hall–Kier alpha value is -1.07. The molecule has 1 N–H and O–H groups in total. The molecule has 0 radical (unpaired) electrons. The molecule has 0 aliphatic heterocycles. The number of unbranched alkanes of at least 4 members (excludes halogenated alkanes) is 1. The molecule has 0 aliphatic carbocycles. The fraction of sp³-hybridized carbons (Fsp3) is 0.600. The molecule has 0 aromatic heterocycles. The van der Waals surface area contributed by atoms with Crippen LogP contribution in [0.25, 0.3) is 0 Å². The number of sulfone groups is 1. The molecule has 114 valence electrons. The van der Waals surface area contributed by atoms with Crippen LogP contribution in [0.5, 0.6) is 5.75 Å². The molecule has 0 saturated heterocycles. The van der Waals surface area contributed by atoms with Gasteiger partial charge in [0, 0.05) is 6.04 Å². The minimum Gasteiger partial charge on any atom is -0.494 e. The molecule has 0 heterocycles. The normalized spacial score (nSPS) is 13.2. The fourth-order valence-electron chi connectivity index (χ4n) is 2.01. The highest BCUT2D eigenvalue weighted by molar-refractivity contribution is 7.91. The van der Waals surface area contributed by atoms with Crippen molar-refractivity contribution in [3.63, 3.8) is 0 Å². The lowest BCUT2D eigenvalue weighted by Gasteiger charge is -2.17. The quantitative estimate of drug-likeness (QED) is 0.761. The van der Waals surface area contributed by atoms with Crippen molar-refractivity contribution in [2.75, 3.05) is 25.2 Å². The minimum absolute atomic E-state index is 0.136. The summed E-state index contributed by atoms with van der Waals surface area (Å²) in [5.74, 6) is 1.20. The molecule has 0 saturated carbocycles. The van der Waals surface area contributed by atoms with Gasteiger partial charge in [-0.15, -0.1) is 0 Å². The number of rotatable bonds is 9. The van der Waals surface area contributed by atoms with Gasteiger partial charge >= 0.3 is 0 Å². The maximum absolute atomic E-state index is 12.0. The highest BCUT2D eigenvalue weighted by Crippen LogP contribution is 2.19. The van der Waals surface area contributed by atoms with Crippen LogP contribution in [0.1, 0.15) is 38.3 Å². The largest absolute Gasteiger partial charge is 0.494 e. The lowest BCUT2D eigenvalue weighted by molar-refractivity contribution is 0.340. The zero-order valence-electron chi connectivity index (χ0n) is 12.6. The van der Waals surface area contributed by atoms with E-state index in [9.17, 15) is 8.42 Å². The van der Waals surface area contributed by atoms with Gasteiger partial charge in [-0.2, -0.15) is 0 Å². The molecule has 1 atom stereocenters. The zero-order valence-corrected chi connectivity index (χ0v) is 13.4. The molecule has 1 aromatic carbocycles. The second-order valence-corrected chi connectivity index (χ2v) is 7.04. The van der Waals surface area contributed by atoms with E-state index in [1.807, 2.05) is 38.1 Å². The summed E-state index contributed by atoms with van der Waals surface area (Å²) >= 11 is 0. The van der Waals surface area contributed by atoms with E-state index >= 15 is 0 Å². The lowest BCUT2D eigenvalue weighted by Crippen LogP contribution is -2.26. The zero-order chi connectivity index (χ0) is 15.0. The molecular weight excluding hydrogens is 274 g/mol. The van der Waals surface area contributed by atoms with Crippen LogP contribution in [0.2, 0.25) is 0 Å². The first-order chi connectivity index (χ1) is 9.52. The third kappa shape index (κ3) is 5.51. The summed E-state index contributed by atoms with van der Waals surface area (Å²) in [5.41, 5.74) is 0.969. The van der Waals surface area contributed by atoms with Crippen molar-refractivity contribution < 1.29 is 13.2 Å².